The molecule has 2 atom stereocenters. The molecule has 0 spiro atoms. The summed E-state index contributed by atoms with van der Waals surface area (Å²) in [5.74, 6) is -5.59. The van der Waals surface area contributed by atoms with Crippen molar-refractivity contribution in [1.82, 2.24) is 0 Å². The fourth-order valence-corrected chi connectivity index (χ4v) is 3.05. The SMILES string of the molecule is Cc1ccc(S(=O)CC(C(=O)O)C(F)(F)F)c(C)c1. The molecule has 106 valence electrons. The fraction of sp³-hybridized carbons (Fsp3) is 0.417. The molecular formula is C12H13F3O3S. The molecule has 0 amide bonds. The number of halogens is 3. The molecule has 0 aliphatic rings. The van der Waals surface area contributed by atoms with Crippen molar-refractivity contribution >= 4 is 16.8 Å². The van der Waals surface area contributed by atoms with Crippen LogP contribution in [0.15, 0.2) is 23.1 Å². The van der Waals surface area contributed by atoms with Gasteiger partial charge in [0.15, 0.2) is 5.92 Å². The third-order valence-electron chi connectivity index (χ3n) is 2.59. The van der Waals surface area contributed by atoms with Gasteiger partial charge in [0.1, 0.15) is 0 Å². The highest BCUT2D eigenvalue weighted by molar-refractivity contribution is 7.85. The minimum Gasteiger partial charge on any atom is -0.481 e. The average Bonchev–Trinajstić information content (AvgIpc) is 2.23. The molecule has 1 aromatic rings. The Morgan fingerprint density at radius 2 is 1.95 bits per heavy atom. The topological polar surface area (TPSA) is 54.4 Å². The maximum absolute atomic E-state index is 12.5. The molecule has 0 saturated carbocycles. The molecule has 19 heavy (non-hydrogen) atoms. The first kappa shape index (κ1) is 15.7. The number of hydrogen-bond acceptors (Lipinski definition) is 2. The molecule has 0 aromatic heterocycles. The number of aryl methyl sites for hydroxylation is 2. The first-order chi connectivity index (χ1) is 8.62. The zero-order chi connectivity index (χ0) is 14.8. The maximum Gasteiger partial charge on any atom is 0.403 e. The van der Waals surface area contributed by atoms with Crippen LogP contribution in [0.4, 0.5) is 13.2 Å². The van der Waals surface area contributed by atoms with E-state index < -0.39 is 34.6 Å². The first-order valence-corrected chi connectivity index (χ1v) is 6.70. The quantitative estimate of drug-likeness (QED) is 0.929. The van der Waals surface area contributed by atoms with Gasteiger partial charge in [-0.1, -0.05) is 17.7 Å². The molecule has 3 nitrogen and oxygen atoms in total. The highest BCUT2D eigenvalue weighted by Crippen LogP contribution is 2.29. The van der Waals surface area contributed by atoms with Crippen molar-refractivity contribution in [3.05, 3.63) is 29.3 Å². The van der Waals surface area contributed by atoms with E-state index in [1.165, 1.54) is 6.07 Å². The Balaban J connectivity index is 2.98. The molecule has 0 aliphatic heterocycles. The van der Waals surface area contributed by atoms with Crippen LogP contribution in [-0.4, -0.2) is 27.2 Å². The van der Waals surface area contributed by atoms with Crippen LogP contribution in [0.2, 0.25) is 0 Å². The van der Waals surface area contributed by atoms with Crippen molar-refractivity contribution in [3.63, 3.8) is 0 Å². The molecule has 2 unspecified atom stereocenters. The van der Waals surface area contributed by atoms with Gasteiger partial charge >= 0.3 is 12.1 Å². The Hall–Kier alpha value is -1.37. The van der Waals surface area contributed by atoms with Crippen LogP contribution in [0.25, 0.3) is 0 Å². The van der Waals surface area contributed by atoms with Crippen LogP contribution in [0.1, 0.15) is 11.1 Å². The van der Waals surface area contributed by atoms with E-state index in [1.54, 1.807) is 26.0 Å². The Bertz CT molecular complexity index is 511. The summed E-state index contributed by atoms with van der Waals surface area (Å²) < 4.78 is 49.4. The minimum absolute atomic E-state index is 0.237. The van der Waals surface area contributed by atoms with E-state index in [0.29, 0.717) is 5.56 Å². The monoisotopic (exact) mass is 294 g/mol. The summed E-state index contributed by atoms with van der Waals surface area (Å²) in [6.45, 7) is 3.43. The summed E-state index contributed by atoms with van der Waals surface area (Å²) in [7, 11) is -2.00. The number of benzene rings is 1. The molecule has 1 aromatic carbocycles. The van der Waals surface area contributed by atoms with Gasteiger partial charge in [0.05, 0.1) is 16.6 Å². The first-order valence-electron chi connectivity index (χ1n) is 5.38. The highest BCUT2D eigenvalue weighted by atomic mass is 32.2. The minimum atomic E-state index is -4.90. The second kappa shape index (κ2) is 5.73. The summed E-state index contributed by atoms with van der Waals surface area (Å²) >= 11 is 0. The van der Waals surface area contributed by atoms with E-state index in [-0.39, 0.29) is 4.90 Å². The molecule has 7 heteroatoms. The van der Waals surface area contributed by atoms with Gasteiger partial charge in [0, 0.05) is 4.90 Å². The summed E-state index contributed by atoms with van der Waals surface area (Å²) in [6, 6.07) is 4.79. The van der Waals surface area contributed by atoms with Crippen molar-refractivity contribution in [3.8, 4) is 0 Å². The Morgan fingerprint density at radius 1 is 1.37 bits per heavy atom. The Morgan fingerprint density at radius 3 is 2.37 bits per heavy atom. The van der Waals surface area contributed by atoms with Gasteiger partial charge in [-0.2, -0.15) is 13.2 Å². The number of carboxylic acids is 1. The second-order valence-corrected chi connectivity index (χ2v) is 5.68. The van der Waals surface area contributed by atoms with Crippen molar-refractivity contribution in [1.29, 1.82) is 0 Å². The van der Waals surface area contributed by atoms with Gasteiger partial charge in [0.2, 0.25) is 0 Å². The van der Waals surface area contributed by atoms with E-state index in [9.17, 15) is 22.2 Å². The van der Waals surface area contributed by atoms with Gasteiger partial charge in [0.25, 0.3) is 0 Å². The van der Waals surface area contributed by atoms with Gasteiger partial charge in [-0.05, 0) is 25.5 Å². The number of hydrogen-bond donors (Lipinski definition) is 1. The summed E-state index contributed by atoms with van der Waals surface area (Å²) in [5.41, 5.74) is 1.48. The van der Waals surface area contributed by atoms with Crippen LogP contribution >= 0.6 is 0 Å². The molecule has 0 aliphatic carbocycles. The van der Waals surface area contributed by atoms with Gasteiger partial charge in [-0.25, -0.2) is 0 Å². The van der Waals surface area contributed by atoms with E-state index in [2.05, 4.69) is 0 Å². The summed E-state index contributed by atoms with van der Waals surface area (Å²) in [6.07, 6.45) is -4.90. The Labute approximate surface area is 110 Å². The zero-order valence-corrected chi connectivity index (χ0v) is 11.1. The smallest absolute Gasteiger partial charge is 0.403 e. The van der Waals surface area contributed by atoms with E-state index in [0.717, 1.165) is 5.56 Å². The molecule has 0 heterocycles. The van der Waals surface area contributed by atoms with Crippen LogP contribution in [-0.2, 0) is 15.6 Å². The van der Waals surface area contributed by atoms with Gasteiger partial charge in [-0.15, -0.1) is 0 Å². The van der Waals surface area contributed by atoms with Crippen molar-refractivity contribution in [2.45, 2.75) is 24.9 Å². The predicted octanol–water partition coefficient (Wildman–Crippen LogP) is 2.67. The lowest BCUT2D eigenvalue weighted by Gasteiger charge is -2.16. The second-order valence-electron chi connectivity index (χ2n) is 4.21. The van der Waals surface area contributed by atoms with E-state index in [4.69, 9.17) is 5.11 Å². The largest absolute Gasteiger partial charge is 0.481 e. The molecule has 1 rings (SSSR count). The lowest BCUT2D eigenvalue weighted by Crippen LogP contribution is -2.35. The number of carbonyl (C=O) groups is 1. The zero-order valence-electron chi connectivity index (χ0n) is 10.3. The van der Waals surface area contributed by atoms with Crippen LogP contribution in [0.5, 0.6) is 0 Å². The number of aliphatic carboxylic acids is 1. The molecule has 0 saturated heterocycles. The Kier molecular flexibility index (Phi) is 4.73. The standard InChI is InChI=1S/C12H13F3O3S/c1-7-3-4-10(8(2)5-7)19(18)6-9(11(16)17)12(13,14)15/h3-5,9H,6H2,1-2H3,(H,16,17). The fourth-order valence-electron chi connectivity index (χ4n) is 1.60. The van der Waals surface area contributed by atoms with Crippen molar-refractivity contribution in [2.75, 3.05) is 5.75 Å². The number of alkyl halides is 3. The highest BCUT2D eigenvalue weighted by Gasteiger charge is 2.46. The molecule has 0 fully saturated rings. The van der Waals surface area contributed by atoms with Crippen LogP contribution < -0.4 is 0 Å². The molecular weight excluding hydrogens is 281 g/mol. The summed E-state index contributed by atoms with van der Waals surface area (Å²) in [4.78, 5) is 10.8. The van der Waals surface area contributed by atoms with Gasteiger partial charge < -0.3 is 5.11 Å². The lowest BCUT2D eigenvalue weighted by molar-refractivity contribution is -0.188. The number of rotatable bonds is 4. The molecule has 0 radical (unpaired) electrons. The average molecular weight is 294 g/mol. The van der Waals surface area contributed by atoms with Crippen LogP contribution in [0.3, 0.4) is 0 Å². The van der Waals surface area contributed by atoms with Crippen molar-refractivity contribution in [2.24, 2.45) is 5.92 Å². The molecule has 1 N–H and O–H groups in total. The van der Waals surface area contributed by atoms with Crippen LogP contribution in [0, 0.1) is 19.8 Å². The third-order valence-corrected chi connectivity index (χ3v) is 4.17. The molecule has 0 bridgehead atoms. The van der Waals surface area contributed by atoms with E-state index >= 15 is 0 Å². The predicted molar refractivity (Wildman–Crippen MR) is 64.4 cm³/mol. The maximum atomic E-state index is 12.5. The normalized spacial score (nSPS) is 15.0. The number of carboxylic acid groups (broad SMARTS) is 1. The lowest BCUT2D eigenvalue weighted by atomic mass is 10.2. The third kappa shape index (κ3) is 4.05. The van der Waals surface area contributed by atoms with Gasteiger partial charge in [-0.3, -0.25) is 9.00 Å². The van der Waals surface area contributed by atoms with E-state index in [1.807, 2.05) is 0 Å². The van der Waals surface area contributed by atoms with Crippen molar-refractivity contribution < 1.29 is 27.3 Å². The summed E-state index contributed by atoms with van der Waals surface area (Å²) in [5, 5.41) is 8.56.